The third-order valence-electron chi connectivity index (χ3n) is 2.99. The second-order valence-electron chi connectivity index (χ2n) is 4.55. The Labute approximate surface area is 127 Å². The van der Waals surface area contributed by atoms with Crippen LogP contribution in [0.3, 0.4) is 0 Å². The lowest BCUT2D eigenvalue weighted by molar-refractivity contribution is -0.385. The highest BCUT2D eigenvalue weighted by Crippen LogP contribution is 2.33. The maximum Gasteiger partial charge on any atom is 0.270 e. The predicted molar refractivity (Wildman–Crippen MR) is 82.4 cm³/mol. The summed E-state index contributed by atoms with van der Waals surface area (Å²) >= 11 is 1.37. The van der Waals surface area contributed by atoms with Crippen LogP contribution in [-0.4, -0.2) is 4.92 Å². The first-order valence-electron chi connectivity index (χ1n) is 6.59. The number of aryl methyl sites for hydroxylation is 1. The summed E-state index contributed by atoms with van der Waals surface area (Å²) in [6, 6.07) is 14.4. The molecule has 0 aliphatic heterocycles. The molecule has 5 heteroatoms. The Hall–Kier alpha value is -2.32. The number of non-ortho nitro benzene ring substituents is 1. The molecule has 21 heavy (non-hydrogen) atoms. The normalized spacial score (nSPS) is 10.1. The number of rotatable bonds is 5. The van der Waals surface area contributed by atoms with Crippen molar-refractivity contribution in [3.8, 4) is 6.07 Å². The van der Waals surface area contributed by atoms with E-state index in [0.29, 0.717) is 10.5 Å². The Morgan fingerprint density at radius 2 is 1.95 bits per heavy atom. The summed E-state index contributed by atoms with van der Waals surface area (Å²) < 4.78 is 0. The Morgan fingerprint density at radius 3 is 2.52 bits per heavy atom. The minimum Gasteiger partial charge on any atom is -0.258 e. The molecule has 0 aromatic heterocycles. The van der Waals surface area contributed by atoms with Crippen molar-refractivity contribution in [3.63, 3.8) is 0 Å². The van der Waals surface area contributed by atoms with E-state index in [-0.39, 0.29) is 5.69 Å². The molecule has 2 aromatic carbocycles. The largest absolute Gasteiger partial charge is 0.270 e. The van der Waals surface area contributed by atoms with E-state index in [2.05, 4.69) is 25.1 Å². The number of nitro benzene ring substituents is 1. The fourth-order valence-corrected chi connectivity index (χ4v) is 2.87. The van der Waals surface area contributed by atoms with Gasteiger partial charge in [0.1, 0.15) is 6.07 Å². The average molecular weight is 298 g/mol. The number of nitriles is 1. The molecule has 0 bridgehead atoms. The Kier molecular flexibility index (Phi) is 4.96. The number of nitro groups is 1. The zero-order valence-electron chi connectivity index (χ0n) is 11.6. The second-order valence-corrected chi connectivity index (χ2v) is 5.66. The van der Waals surface area contributed by atoms with E-state index in [1.807, 2.05) is 12.1 Å². The molecule has 0 heterocycles. The highest BCUT2D eigenvalue weighted by atomic mass is 32.2. The van der Waals surface area contributed by atoms with E-state index in [9.17, 15) is 10.1 Å². The van der Waals surface area contributed by atoms with Crippen molar-refractivity contribution in [1.82, 2.24) is 0 Å². The number of hydrogen-bond acceptors (Lipinski definition) is 4. The maximum absolute atomic E-state index is 10.8. The van der Waals surface area contributed by atoms with Crippen molar-refractivity contribution in [2.24, 2.45) is 0 Å². The first-order chi connectivity index (χ1) is 10.1. The van der Waals surface area contributed by atoms with Crippen LogP contribution in [0.25, 0.3) is 0 Å². The zero-order chi connectivity index (χ0) is 15.2. The van der Waals surface area contributed by atoms with Gasteiger partial charge in [0.2, 0.25) is 0 Å². The minimum absolute atomic E-state index is 0.000830. The fraction of sp³-hybridized carbons (Fsp3) is 0.188. The Balaban J connectivity index is 2.27. The van der Waals surface area contributed by atoms with Crippen LogP contribution in [0.4, 0.5) is 5.69 Å². The van der Waals surface area contributed by atoms with Crippen molar-refractivity contribution in [1.29, 1.82) is 5.26 Å². The van der Waals surface area contributed by atoms with Crippen molar-refractivity contribution < 1.29 is 4.92 Å². The molecule has 2 rings (SSSR count). The SMILES string of the molecule is CCCc1ccc(Sc2cc([N+](=O)[O-])ccc2C#N)cc1. The van der Waals surface area contributed by atoms with E-state index in [0.717, 1.165) is 17.7 Å². The van der Waals surface area contributed by atoms with Gasteiger partial charge in [0.05, 0.1) is 10.5 Å². The number of hydrogen-bond donors (Lipinski definition) is 0. The Bertz CT molecular complexity index is 690. The fourth-order valence-electron chi connectivity index (χ4n) is 1.94. The standard InChI is InChI=1S/C16H14N2O2S/c1-2-3-12-4-8-15(9-5-12)21-16-10-14(18(19)20)7-6-13(16)11-17/h4-10H,2-3H2,1H3. The van der Waals surface area contributed by atoms with Gasteiger partial charge < -0.3 is 0 Å². The van der Waals surface area contributed by atoms with Gasteiger partial charge >= 0.3 is 0 Å². The lowest BCUT2D eigenvalue weighted by Crippen LogP contribution is -1.90. The smallest absolute Gasteiger partial charge is 0.258 e. The predicted octanol–water partition coefficient (Wildman–Crippen LogP) is 4.57. The van der Waals surface area contributed by atoms with Crippen LogP contribution in [0, 0.1) is 21.4 Å². The van der Waals surface area contributed by atoms with E-state index < -0.39 is 4.92 Å². The lowest BCUT2D eigenvalue weighted by Gasteiger charge is -2.05. The van der Waals surface area contributed by atoms with Crippen LogP contribution in [0.1, 0.15) is 24.5 Å². The zero-order valence-corrected chi connectivity index (χ0v) is 12.4. The molecule has 0 unspecified atom stereocenters. The summed E-state index contributed by atoms with van der Waals surface area (Å²) in [6.07, 6.45) is 2.13. The number of nitrogens with zero attached hydrogens (tertiary/aromatic N) is 2. The van der Waals surface area contributed by atoms with E-state index in [1.165, 1.54) is 35.5 Å². The second kappa shape index (κ2) is 6.91. The quantitative estimate of drug-likeness (QED) is 0.599. The van der Waals surface area contributed by atoms with E-state index in [4.69, 9.17) is 5.26 Å². The average Bonchev–Trinajstić information content (AvgIpc) is 2.49. The highest BCUT2D eigenvalue weighted by molar-refractivity contribution is 7.99. The third-order valence-corrected chi connectivity index (χ3v) is 4.05. The van der Waals surface area contributed by atoms with Crippen molar-refractivity contribution in [3.05, 3.63) is 63.7 Å². The summed E-state index contributed by atoms with van der Waals surface area (Å²) in [7, 11) is 0. The molecule has 0 fully saturated rings. The first kappa shape index (κ1) is 15.1. The van der Waals surface area contributed by atoms with Crippen LogP contribution in [0.5, 0.6) is 0 Å². The Morgan fingerprint density at radius 1 is 1.24 bits per heavy atom. The van der Waals surface area contributed by atoms with Gasteiger partial charge in [-0.1, -0.05) is 37.2 Å². The van der Waals surface area contributed by atoms with E-state index >= 15 is 0 Å². The van der Waals surface area contributed by atoms with Crippen molar-refractivity contribution in [2.45, 2.75) is 29.6 Å². The van der Waals surface area contributed by atoms with Gasteiger partial charge in [0.15, 0.2) is 0 Å². The van der Waals surface area contributed by atoms with Crippen LogP contribution in [-0.2, 0) is 6.42 Å². The summed E-state index contributed by atoms with van der Waals surface area (Å²) in [4.78, 5) is 12.0. The lowest BCUT2D eigenvalue weighted by atomic mass is 10.1. The summed E-state index contributed by atoms with van der Waals surface area (Å²) in [5, 5.41) is 19.9. The molecular formula is C16H14N2O2S. The molecule has 0 spiro atoms. The third kappa shape index (κ3) is 3.83. The van der Waals surface area contributed by atoms with Crippen LogP contribution in [0.15, 0.2) is 52.3 Å². The minimum atomic E-state index is -0.449. The van der Waals surface area contributed by atoms with Gasteiger partial charge in [0, 0.05) is 21.9 Å². The van der Waals surface area contributed by atoms with Gasteiger partial charge in [-0.2, -0.15) is 5.26 Å². The molecule has 0 radical (unpaired) electrons. The van der Waals surface area contributed by atoms with Gasteiger partial charge in [-0.3, -0.25) is 10.1 Å². The molecule has 0 saturated carbocycles. The van der Waals surface area contributed by atoms with Crippen LogP contribution < -0.4 is 0 Å². The van der Waals surface area contributed by atoms with Crippen LogP contribution >= 0.6 is 11.8 Å². The summed E-state index contributed by atoms with van der Waals surface area (Å²) in [6.45, 7) is 2.13. The monoisotopic (exact) mass is 298 g/mol. The molecule has 0 aliphatic carbocycles. The van der Waals surface area contributed by atoms with Gasteiger partial charge in [-0.05, 0) is 30.2 Å². The molecule has 106 valence electrons. The summed E-state index contributed by atoms with van der Waals surface area (Å²) in [5.41, 5.74) is 1.71. The molecular weight excluding hydrogens is 284 g/mol. The van der Waals surface area contributed by atoms with Crippen molar-refractivity contribution >= 4 is 17.4 Å². The van der Waals surface area contributed by atoms with Crippen LogP contribution in [0.2, 0.25) is 0 Å². The molecule has 2 aromatic rings. The molecule has 0 atom stereocenters. The topological polar surface area (TPSA) is 66.9 Å². The maximum atomic E-state index is 10.8. The van der Waals surface area contributed by atoms with Gasteiger partial charge in [-0.25, -0.2) is 0 Å². The molecule has 4 nitrogen and oxygen atoms in total. The summed E-state index contributed by atoms with van der Waals surface area (Å²) in [5.74, 6) is 0. The van der Waals surface area contributed by atoms with E-state index in [1.54, 1.807) is 0 Å². The van der Waals surface area contributed by atoms with Gasteiger partial charge in [-0.15, -0.1) is 0 Å². The molecule has 0 aliphatic rings. The number of benzene rings is 2. The molecule has 0 N–H and O–H groups in total. The first-order valence-corrected chi connectivity index (χ1v) is 7.41. The molecule has 0 amide bonds. The molecule has 0 saturated heterocycles. The van der Waals surface area contributed by atoms with Gasteiger partial charge in [0.25, 0.3) is 5.69 Å². The van der Waals surface area contributed by atoms with Crippen molar-refractivity contribution in [2.75, 3.05) is 0 Å². The highest BCUT2D eigenvalue weighted by Gasteiger charge is 2.11.